The quantitative estimate of drug-likeness (QED) is 0.833. The van der Waals surface area contributed by atoms with E-state index < -0.39 is 17.2 Å². The molecule has 0 aliphatic heterocycles. The van der Waals surface area contributed by atoms with Crippen molar-refractivity contribution in [2.75, 3.05) is 0 Å². The number of ether oxygens (including phenoxy) is 1. The van der Waals surface area contributed by atoms with Gasteiger partial charge in [-0.3, -0.25) is 4.79 Å². The molecule has 0 aliphatic carbocycles. The summed E-state index contributed by atoms with van der Waals surface area (Å²) in [5.41, 5.74) is -1.74. The molecule has 1 unspecified atom stereocenters. The highest BCUT2D eigenvalue weighted by Crippen LogP contribution is 2.13. The summed E-state index contributed by atoms with van der Waals surface area (Å²) < 4.78 is 5.18. The second-order valence-electron chi connectivity index (χ2n) is 7.73. The molecule has 0 saturated heterocycles. The number of Topliss-reactive ketones (excluding diaryl/α,β-unsaturated/α-hetero) is 1. The van der Waals surface area contributed by atoms with Gasteiger partial charge in [0.15, 0.2) is 5.78 Å². The molecular weight excluding hydrogens is 256 g/mol. The molecule has 0 fully saturated rings. The summed E-state index contributed by atoms with van der Waals surface area (Å²) in [5.74, 6) is -0.0849. The van der Waals surface area contributed by atoms with E-state index in [0.29, 0.717) is 0 Å². The number of carbonyl (C=O) groups excluding carboxylic acids is 2. The number of rotatable bonds is 4. The van der Waals surface area contributed by atoms with Gasteiger partial charge in [0.1, 0.15) is 5.60 Å². The molecular formula is C15H30N2O3. The molecule has 2 N–H and O–H groups in total. The van der Waals surface area contributed by atoms with Crippen molar-refractivity contribution in [1.29, 1.82) is 0 Å². The van der Waals surface area contributed by atoms with Gasteiger partial charge < -0.3 is 15.4 Å². The van der Waals surface area contributed by atoms with Crippen LogP contribution >= 0.6 is 0 Å². The SMILES string of the molecule is CC(NC(C)(C)C)C(=O)C(C)(C)NC(=O)OC(C)(C)C. The summed E-state index contributed by atoms with van der Waals surface area (Å²) in [4.78, 5) is 24.2. The third kappa shape index (κ3) is 7.48. The molecule has 0 aromatic heterocycles. The van der Waals surface area contributed by atoms with Crippen molar-refractivity contribution < 1.29 is 14.3 Å². The molecule has 0 bridgehead atoms. The Balaban J connectivity index is 4.71. The fourth-order valence-corrected chi connectivity index (χ4v) is 1.88. The van der Waals surface area contributed by atoms with Crippen LogP contribution in [0.5, 0.6) is 0 Å². The molecule has 5 heteroatoms. The van der Waals surface area contributed by atoms with Crippen molar-refractivity contribution >= 4 is 11.9 Å². The van der Waals surface area contributed by atoms with Gasteiger partial charge in [-0.1, -0.05) is 0 Å². The fourth-order valence-electron chi connectivity index (χ4n) is 1.88. The number of hydrogen-bond acceptors (Lipinski definition) is 4. The third-order valence-corrected chi connectivity index (χ3v) is 2.47. The largest absolute Gasteiger partial charge is 0.444 e. The van der Waals surface area contributed by atoms with Crippen LogP contribution in [0.2, 0.25) is 0 Å². The predicted molar refractivity (Wildman–Crippen MR) is 80.8 cm³/mol. The summed E-state index contributed by atoms with van der Waals surface area (Å²) in [5, 5.41) is 5.83. The first kappa shape index (κ1) is 18.9. The van der Waals surface area contributed by atoms with Crippen LogP contribution in [-0.4, -0.2) is 34.6 Å². The lowest BCUT2D eigenvalue weighted by Gasteiger charge is -2.32. The van der Waals surface area contributed by atoms with Crippen molar-refractivity contribution in [2.24, 2.45) is 0 Å². The van der Waals surface area contributed by atoms with E-state index in [-0.39, 0.29) is 17.4 Å². The second-order valence-corrected chi connectivity index (χ2v) is 7.73. The molecule has 0 aliphatic rings. The minimum atomic E-state index is -0.986. The van der Waals surface area contributed by atoms with Gasteiger partial charge in [0.05, 0.1) is 11.6 Å². The molecule has 118 valence electrons. The Kier molecular flexibility index (Phi) is 5.78. The maximum absolute atomic E-state index is 12.4. The summed E-state index contributed by atoms with van der Waals surface area (Å²) in [6, 6.07) is -0.361. The summed E-state index contributed by atoms with van der Waals surface area (Å²) in [7, 11) is 0. The van der Waals surface area contributed by atoms with E-state index >= 15 is 0 Å². The highest BCUT2D eigenvalue weighted by molar-refractivity contribution is 5.94. The van der Waals surface area contributed by atoms with Crippen LogP contribution in [-0.2, 0) is 9.53 Å². The standard InChI is InChI=1S/C15H30N2O3/c1-10(16-13(2,3)4)11(18)15(8,9)17-12(19)20-14(5,6)7/h10,16H,1-9H3,(H,17,19). The maximum Gasteiger partial charge on any atom is 0.408 e. The Morgan fingerprint density at radius 2 is 1.40 bits per heavy atom. The average Bonchev–Trinajstić information content (AvgIpc) is 2.08. The highest BCUT2D eigenvalue weighted by atomic mass is 16.6. The Morgan fingerprint density at radius 3 is 1.75 bits per heavy atom. The van der Waals surface area contributed by atoms with Crippen molar-refractivity contribution in [3.8, 4) is 0 Å². The minimum absolute atomic E-state index is 0.0849. The Morgan fingerprint density at radius 1 is 0.950 bits per heavy atom. The van der Waals surface area contributed by atoms with E-state index in [9.17, 15) is 9.59 Å². The first-order chi connectivity index (χ1) is 8.64. The van der Waals surface area contributed by atoms with Gasteiger partial charge in [-0.25, -0.2) is 4.79 Å². The van der Waals surface area contributed by atoms with E-state index in [1.165, 1.54) is 0 Å². The fraction of sp³-hybridized carbons (Fsp3) is 0.867. The lowest BCUT2D eigenvalue weighted by atomic mass is 9.93. The van der Waals surface area contributed by atoms with Crippen LogP contribution in [0.25, 0.3) is 0 Å². The van der Waals surface area contributed by atoms with Crippen molar-refractivity contribution in [1.82, 2.24) is 10.6 Å². The zero-order valence-electron chi connectivity index (χ0n) is 14.3. The number of nitrogens with one attached hydrogen (secondary N) is 2. The molecule has 0 aromatic rings. The molecule has 1 amide bonds. The summed E-state index contributed by atoms with van der Waals surface area (Å²) >= 11 is 0. The Bertz CT molecular complexity index is 362. The first-order valence-electron chi connectivity index (χ1n) is 6.97. The average molecular weight is 286 g/mol. The van der Waals surface area contributed by atoms with Crippen LogP contribution in [0.15, 0.2) is 0 Å². The van der Waals surface area contributed by atoms with Gasteiger partial charge in [0.2, 0.25) is 0 Å². The summed E-state index contributed by atoms with van der Waals surface area (Å²) in [6.45, 7) is 16.5. The topological polar surface area (TPSA) is 67.4 Å². The molecule has 0 aromatic carbocycles. The lowest BCUT2D eigenvalue weighted by molar-refractivity contribution is -0.126. The van der Waals surface area contributed by atoms with E-state index in [0.717, 1.165) is 0 Å². The Labute approximate surface area is 122 Å². The number of ketones is 1. The number of amides is 1. The second kappa shape index (κ2) is 6.12. The van der Waals surface area contributed by atoms with Crippen molar-refractivity contribution in [3.63, 3.8) is 0 Å². The minimum Gasteiger partial charge on any atom is -0.444 e. The molecule has 5 nitrogen and oxygen atoms in total. The number of alkyl carbamates (subject to hydrolysis) is 1. The van der Waals surface area contributed by atoms with Crippen LogP contribution in [0.1, 0.15) is 62.3 Å². The van der Waals surface area contributed by atoms with Crippen LogP contribution in [0.3, 0.4) is 0 Å². The van der Waals surface area contributed by atoms with E-state index in [1.807, 2.05) is 20.8 Å². The van der Waals surface area contributed by atoms with Gasteiger partial charge in [0, 0.05) is 5.54 Å². The van der Waals surface area contributed by atoms with Gasteiger partial charge in [-0.05, 0) is 62.3 Å². The van der Waals surface area contributed by atoms with Crippen LogP contribution in [0.4, 0.5) is 4.79 Å². The Hall–Kier alpha value is -1.10. The number of carbonyl (C=O) groups is 2. The molecule has 0 radical (unpaired) electrons. The monoisotopic (exact) mass is 286 g/mol. The zero-order chi connectivity index (χ0) is 16.4. The predicted octanol–water partition coefficient (Wildman–Crippen LogP) is 2.64. The van der Waals surface area contributed by atoms with E-state index in [2.05, 4.69) is 10.6 Å². The molecule has 0 spiro atoms. The van der Waals surface area contributed by atoms with Crippen molar-refractivity contribution in [2.45, 2.75) is 85.0 Å². The molecule has 20 heavy (non-hydrogen) atoms. The van der Waals surface area contributed by atoms with Crippen LogP contribution in [0, 0.1) is 0 Å². The van der Waals surface area contributed by atoms with Gasteiger partial charge in [-0.15, -0.1) is 0 Å². The third-order valence-electron chi connectivity index (χ3n) is 2.47. The molecule has 0 heterocycles. The lowest BCUT2D eigenvalue weighted by Crippen LogP contribution is -2.58. The summed E-state index contributed by atoms with van der Waals surface area (Å²) in [6.07, 6.45) is -0.584. The zero-order valence-corrected chi connectivity index (χ0v) is 14.3. The van der Waals surface area contributed by atoms with Crippen molar-refractivity contribution in [3.05, 3.63) is 0 Å². The first-order valence-corrected chi connectivity index (χ1v) is 6.97. The maximum atomic E-state index is 12.4. The highest BCUT2D eigenvalue weighted by Gasteiger charge is 2.35. The molecule has 1 atom stereocenters. The smallest absolute Gasteiger partial charge is 0.408 e. The number of hydrogen-bond donors (Lipinski definition) is 2. The van der Waals surface area contributed by atoms with Crippen LogP contribution < -0.4 is 10.6 Å². The van der Waals surface area contributed by atoms with Gasteiger partial charge in [-0.2, -0.15) is 0 Å². The molecule has 0 saturated carbocycles. The normalized spacial score (nSPS) is 14.7. The molecule has 0 rings (SSSR count). The van der Waals surface area contributed by atoms with Gasteiger partial charge >= 0.3 is 6.09 Å². The van der Waals surface area contributed by atoms with E-state index in [4.69, 9.17) is 4.74 Å². The van der Waals surface area contributed by atoms with E-state index in [1.54, 1.807) is 41.5 Å². The van der Waals surface area contributed by atoms with Gasteiger partial charge in [0.25, 0.3) is 0 Å².